The van der Waals surface area contributed by atoms with Gasteiger partial charge in [-0.15, -0.1) is 0 Å². The van der Waals surface area contributed by atoms with Crippen LogP contribution in [0.15, 0.2) is 0 Å². The van der Waals surface area contributed by atoms with E-state index in [9.17, 15) is 4.79 Å². The molecule has 0 N–H and O–H groups in total. The van der Waals surface area contributed by atoms with E-state index < -0.39 is 0 Å². The number of fused-ring (bicyclic) bond motifs is 2. The van der Waals surface area contributed by atoms with Crippen molar-refractivity contribution in [2.45, 2.75) is 44.9 Å². The van der Waals surface area contributed by atoms with Crippen LogP contribution < -0.4 is 0 Å². The fourth-order valence-corrected chi connectivity index (χ4v) is 4.00. The van der Waals surface area contributed by atoms with E-state index in [2.05, 4.69) is 0 Å². The van der Waals surface area contributed by atoms with E-state index in [0.717, 1.165) is 11.8 Å². The Hall–Kier alpha value is -0.330. The van der Waals surface area contributed by atoms with Gasteiger partial charge in [0.25, 0.3) is 0 Å². The number of carbonyl (C=O) groups excluding carboxylic acids is 1. The lowest BCUT2D eigenvalue weighted by Gasteiger charge is -2.27. The molecule has 1 nitrogen and oxygen atoms in total. The van der Waals surface area contributed by atoms with E-state index in [4.69, 9.17) is 0 Å². The molecule has 4 saturated carbocycles. The molecule has 0 aromatic heterocycles. The van der Waals surface area contributed by atoms with Gasteiger partial charge in [-0.05, 0) is 50.4 Å². The highest BCUT2D eigenvalue weighted by molar-refractivity contribution is 5.85. The van der Waals surface area contributed by atoms with E-state index in [1.165, 1.54) is 44.9 Å². The Labute approximate surface area is 79.9 Å². The van der Waals surface area contributed by atoms with E-state index in [1.54, 1.807) is 0 Å². The summed E-state index contributed by atoms with van der Waals surface area (Å²) in [5.74, 6) is 3.22. The Morgan fingerprint density at radius 1 is 0.769 bits per heavy atom. The van der Waals surface area contributed by atoms with Crippen LogP contribution in [0.3, 0.4) is 0 Å². The van der Waals surface area contributed by atoms with Crippen molar-refractivity contribution in [1.82, 2.24) is 0 Å². The maximum absolute atomic E-state index is 12.1. The normalized spacial score (nSPS) is 49.1. The first kappa shape index (κ1) is 8.02. The Kier molecular flexibility index (Phi) is 1.75. The first-order chi connectivity index (χ1) is 6.36. The minimum atomic E-state index is 0.492. The van der Waals surface area contributed by atoms with Crippen molar-refractivity contribution in [2.75, 3.05) is 0 Å². The quantitative estimate of drug-likeness (QED) is 0.557. The number of hydrogen-bond acceptors (Lipinski definition) is 1. The van der Waals surface area contributed by atoms with E-state index in [0.29, 0.717) is 17.6 Å². The van der Waals surface area contributed by atoms with Crippen molar-refractivity contribution in [3.8, 4) is 0 Å². The molecule has 0 heterocycles. The molecule has 0 aliphatic heterocycles. The summed E-state index contributed by atoms with van der Waals surface area (Å²) >= 11 is 0. The highest BCUT2D eigenvalue weighted by Crippen LogP contribution is 2.49. The topological polar surface area (TPSA) is 17.1 Å². The van der Waals surface area contributed by atoms with E-state index in [1.807, 2.05) is 0 Å². The number of carbonyl (C=O) groups is 1. The van der Waals surface area contributed by atoms with Crippen LogP contribution in [0.1, 0.15) is 44.9 Å². The largest absolute Gasteiger partial charge is 0.299 e. The maximum atomic E-state index is 12.1. The lowest BCUT2D eigenvalue weighted by Crippen LogP contribution is -2.30. The molecule has 13 heavy (non-hydrogen) atoms. The van der Waals surface area contributed by atoms with E-state index >= 15 is 0 Å². The van der Waals surface area contributed by atoms with Crippen molar-refractivity contribution in [1.29, 1.82) is 0 Å². The van der Waals surface area contributed by atoms with Crippen LogP contribution in [-0.4, -0.2) is 5.78 Å². The number of ketones is 1. The van der Waals surface area contributed by atoms with Gasteiger partial charge >= 0.3 is 0 Å². The van der Waals surface area contributed by atoms with Gasteiger partial charge in [-0.2, -0.15) is 0 Å². The molecule has 2 unspecified atom stereocenters. The van der Waals surface area contributed by atoms with E-state index in [-0.39, 0.29) is 0 Å². The Bertz CT molecular complexity index is 203. The minimum absolute atomic E-state index is 0.492. The van der Waals surface area contributed by atoms with Crippen LogP contribution in [0.2, 0.25) is 0 Å². The average molecular weight is 178 g/mol. The molecule has 4 bridgehead atoms. The van der Waals surface area contributed by atoms with Crippen LogP contribution in [0.5, 0.6) is 0 Å². The second-order valence-electron chi connectivity index (χ2n) is 5.22. The predicted octanol–water partition coefficient (Wildman–Crippen LogP) is 2.79. The first-order valence-electron chi connectivity index (χ1n) is 5.90. The van der Waals surface area contributed by atoms with Crippen molar-refractivity contribution >= 4 is 5.78 Å². The summed E-state index contributed by atoms with van der Waals surface area (Å²) in [6.45, 7) is 0. The molecule has 4 rings (SSSR count). The van der Waals surface area contributed by atoms with Gasteiger partial charge in [0.1, 0.15) is 5.78 Å². The molecule has 4 fully saturated rings. The smallest absolute Gasteiger partial charge is 0.139 e. The van der Waals surface area contributed by atoms with Crippen LogP contribution >= 0.6 is 0 Å². The number of rotatable bonds is 0. The Morgan fingerprint density at radius 3 is 1.69 bits per heavy atom. The molecule has 4 aliphatic carbocycles. The molecule has 1 heteroatoms. The summed E-state index contributed by atoms with van der Waals surface area (Å²) in [4.78, 5) is 12.1. The molecule has 2 atom stereocenters. The third-order valence-electron chi connectivity index (χ3n) is 4.72. The average Bonchev–Trinajstić information content (AvgIpc) is 2.30. The Balaban J connectivity index is 1.98. The molecule has 0 aromatic rings. The van der Waals surface area contributed by atoms with Gasteiger partial charge in [-0.1, -0.05) is 6.42 Å². The monoisotopic (exact) mass is 178 g/mol. The van der Waals surface area contributed by atoms with Crippen molar-refractivity contribution in [3.63, 3.8) is 0 Å². The third kappa shape index (κ3) is 1.09. The van der Waals surface area contributed by atoms with Crippen molar-refractivity contribution in [3.05, 3.63) is 0 Å². The maximum Gasteiger partial charge on any atom is 0.139 e. The molecule has 0 radical (unpaired) electrons. The molecule has 0 spiro atoms. The summed E-state index contributed by atoms with van der Waals surface area (Å²) in [6.07, 6.45) is 9.19. The van der Waals surface area contributed by atoms with Gasteiger partial charge < -0.3 is 0 Å². The molecule has 72 valence electrons. The standard InChI is InChI=1S/C12H18O/c13-12-10-2-1-3-11(12)9-6-4-8(10)5-7-9/h8-11H,1-7H2. The molecule has 0 saturated heterocycles. The summed E-state index contributed by atoms with van der Waals surface area (Å²) < 4.78 is 0. The zero-order valence-corrected chi connectivity index (χ0v) is 8.17. The molecule has 0 amide bonds. The van der Waals surface area contributed by atoms with Crippen LogP contribution in [0.4, 0.5) is 0 Å². The molecule has 0 aromatic carbocycles. The lowest BCUT2D eigenvalue weighted by atomic mass is 9.76. The van der Waals surface area contributed by atoms with Crippen LogP contribution in [0.25, 0.3) is 0 Å². The highest BCUT2D eigenvalue weighted by atomic mass is 16.1. The molecular formula is C12H18O. The summed E-state index contributed by atoms with van der Waals surface area (Å²) in [5, 5.41) is 0. The minimum Gasteiger partial charge on any atom is -0.299 e. The van der Waals surface area contributed by atoms with Gasteiger partial charge in [-0.3, -0.25) is 4.79 Å². The summed E-state index contributed by atoms with van der Waals surface area (Å²) in [7, 11) is 0. The van der Waals surface area contributed by atoms with Gasteiger partial charge in [0.05, 0.1) is 0 Å². The highest BCUT2D eigenvalue weighted by Gasteiger charge is 2.45. The van der Waals surface area contributed by atoms with Crippen molar-refractivity contribution < 1.29 is 4.79 Å². The van der Waals surface area contributed by atoms with Crippen LogP contribution in [-0.2, 0) is 4.79 Å². The van der Waals surface area contributed by atoms with Crippen LogP contribution in [0, 0.1) is 23.7 Å². The summed E-state index contributed by atoms with van der Waals surface area (Å²) in [5.41, 5.74) is 0. The first-order valence-corrected chi connectivity index (χ1v) is 5.90. The number of hydrogen-bond donors (Lipinski definition) is 0. The van der Waals surface area contributed by atoms with Gasteiger partial charge in [0.2, 0.25) is 0 Å². The number of Topliss-reactive ketones (excluding diaryl/α,β-unsaturated/α-hetero) is 1. The fourth-order valence-electron chi connectivity index (χ4n) is 4.00. The third-order valence-corrected chi connectivity index (χ3v) is 4.72. The van der Waals surface area contributed by atoms with Gasteiger partial charge in [0.15, 0.2) is 0 Å². The zero-order valence-electron chi connectivity index (χ0n) is 8.17. The fraction of sp³-hybridized carbons (Fsp3) is 0.917. The predicted molar refractivity (Wildman–Crippen MR) is 51.3 cm³/mol. The Morgan fingerprint density at radius 2 is 1.23 bits per heavy atom. The van der Waals surface area contributed by atoms with Crippen molar-refractivity contribution in [2.24, 2.45) is 23.7 Å². The SMILES string of the molecule is O=C1C2CCCC1C1CCC2CC1. The second-order valence-corrected chi connectivity index (χ2v) is 5.22. The van der Waals surface area contributed by atoms with Gasteiger partial charge in [0, 0.05) is 11.8 Å². The zero-order chi connectivity index (χ0) is 8.84. The molecule has 4 aliphatic rings. The van der Waals surface area contributed by atoms with Gasteiger partial charge in [-0.25, -0.2) is 0 Å². The second kappa shape index (κ2) is 2.83. The summed E-state index contributed by atoms with van der Waals surface area (Å²) in [6, 6.07) is 0. The lowest BCUT2D eigenvalue weighted by molar-refractivity contribution is -0.130. The molecular weight excluding hydrogens is 160 g/mol.